The highest BCUT2D eigenvalue weighted by Gasteiger charge is 2.16. The number of aromatic amines is 1. The number of pyridine rings is 2. The Morgan fingerprint density at radius 1 is 1.02 bits per heavy atom. The van der Waals surface area contributed by atoms with Crippen LogP contribution in [0, 0.1) is 0 Å². The number of aliphatic hydroxyl groups excluding tert-OH is 1. The zero-order valence-corrected chi connectivity index (χ0v) is 25.1. The molecule has 3 aromatic heterocycles. The number of carbonyl (C=O) groups excluding carboxylic acids is 1. The molecule has 0 aliphatic carbocycles. The Labute approximate surface area is 248 Å². The number of aromatic nitrogens is 4. The molecule has 0 unspecified atom stereocenters. The number of nitrogens with zero attached hydrogens (tertiary/aromatic N) is 5. The van der Waals surface area contributed by atoms with Crippen molar-refractivity contribution in [2.45, 2.75) is 13.8 Å². The van der Waals surface area contributed by atoms with E-state index in [1.807, 2.05) is 37.7 Å². The van der Waals surface area contributed by atoms with Crippen molar-refractivity contribution in [3.63, 3.8) is 0 Å². The van der Waals surface area contributed by atoms with Crippen LogP contribution < -0.4 is 21.1 Å². The highest BCUT2D eigenvalue weighted by atomic mass is 35.5. The first kappa shape index (κ1) is 31.8. The van der Waals surface area contributed by atoms with E-state index in [9.17, 15) is 9.59 Å². The zero-order chi connectivity index (χ0) is 30.1. The van der Waals surface area contributed by atoms with Crippen molar-refractivity contribution in [3.05, 3.63) is 68.7 Å². The molecule has 0 aliphatic rings. The molecule has 0 saturated carbocycles. The van der Waals surface area contributed by atoms with Crippen LogP contribution in [0.3, 0.4) is 0 Å². The molecule has 0 radical (unpaired) electrons. The van der Waals surface area contributed by atoms with E-state index in [2.05, 4.69) is 30.6 Å². The maximum atomic E-state index is 13.1. The second-order valence-corrected chi connectivity index (χ2v) is 9.89. The Hall–Kier alpha value is -3.77. The van der Waals surface area contributed by atoms with Gasteiger partial charge in [-0.15, -0.1) is 0 Å². The first-order chi connectivity index (χ1) is 19.7. The van der Waals surface area contributed by atoms with E-state index in [1.165, 1.54) is 6.07 Å². The van der Waals surface area contributed by atoms with Gasteiger partial charge in [-0.2, -0.15) is 4.98 Å². The number of benzene rings is 1. The fourth-order valence-corrected chi connectivity index (χ4v) is 4.43. The Bertz CT molecular complexity index is 1560. The summed E-state index contributed by atoms with van der Waals surface area (Å²) in [5.41, 5.74) is 1.66. The van der Waals surface area contributed by atoms with Crippen LogP contribution in [0.1, 0.15) is 24.2 Å². The molecule has 4 aromatic rings. The number of amides is 1. The van der Waals surface area contributed by atoms with Gasteiger partial charge in [-0.25, -0.2) is 9.97 Å². The highest BCUT2D eigenvalue weighted by molar-refractivity contribution is 6.33. The predicted octanol–water partition coefficient (Wildman–Crippen LogP) is 4.37. The number of hydrogen-bond acceptors (Lipinski definition) is 9. The second kappa shape index (κ2) is 14.7. The molecule has 3 heterocycles. The number of nitrogens with one attached hydrogen (secondary N) is 3. The molecule has 0 bridgehead atoms. The van der Waals surface area contributed by atoms with E-state index in [4.69, 9.17) is 28.3 Å². The summed E-state index contributed by atoms with van der Waals surface area (Å²) in [4.78, 5) is 46.1. The summed E-state index contributed by atoms with van der Waals surface area (Å²) in [5.74, 6) is 0.683. The van der Waals surface area contributed by atoms with Crippen LogP contribution in [-0.4, -0.2) is 83.2 Å². The summed E-state index contributed by atoms with van der Waals surface area (Å²) in [6.07, 6.45) is 1.64. The number of halogens is 2. The fourth-order valence-electron chi connectivity index (χ4n) is 4.01. The lowest BCUT2D eigenvalue weighted by Gasteiger charge is -2.20. The maximum Gasteiger partial charge on any atom is 0.257 e. The van der Waals surface area contributed by atoms with Crippen molar-refractivity contribution in [1.29, 1.82) is 0 Å². The second-order valence-electron chi connectivity index (χ2n) is 9.10. The van der Waals surface area contributed by atoms with Crippen molar-refractivity contribution < 1.29 is 9.90 Å². The van der Waals surface area contributed by atoms with Crippen molar-refractivity contribution in [2.75, 3.05) is 62.9 Å². The average Bonchev–Trinajstić information content (AvgIpc) is 2.95. The molecule has 11 nitrogen and oxygen atoms in total. The third-order valence-corrected chi connectivity index (χ3v) is 6.60. The van der Waals surface area contributed by atoms with Crippen LogP contribution in [0.25, 0.3) is 22.2 Å². The minimum Gasteiger partial charge on any atom is -0.400 e. The number of anilines is 3. The third kappa shape index (κ3) is 8.14. The van der Waals surface area contributed by atoms with Gasteiger partial charge in [0.25, 0.3) is 11.5 Å². The van der Waals surface area contributed by atoms with Gasteiger partial charge in [0.1, 0.15) is 16.6 Å². The molecule has 0 atom stereocenters. The molecule has 4 rings (SSSR count). The molecular weight excluding hydrogens is 567 g/mol. The number of carbonyl (C=O) groups is 1. The van der Waals surface area contributed by atoms with Crippen LogP contribution in [0.2, 0.25) is 10.2 Å². The molecule has 1 aromatic carbocycles. The number of likely N-dealkylation sites (N-methyl/N-ethyl adjacent to an activating group) is 1. The van der Waals surface area contributed by atoms with Gasteiger partial charge >= 0.3 is 0 Å². The number of hydrogen-bond donors (Lipinski definition) is 4. The molecule has 0 spiro atoms. The molecule has 218 valence electrons. The van der Waals surface area contributed by atoms with Gasteiger partial charge in [-0.1, -0.05) is 23.2 Å². The topological polar surface area (TPSA) is 139 Å². The van der Waals surface area contributed by atoms with Gasteiger partial charge < -0.3 is 30.5 Å². The third-order valence-electron chi connectivity index (χ3n) is 6.08. The van der Waals surface area contributed by atoms with E-state index in [0.29, 0.717) is 56.7 Å². The van der Waals surface area contributed by atoms with Crippen molar-refractivity contribution >= 4 is 57.6 Å². The quantitative estimate of drug-likeness (QED) is 0.195. The van der Waals surface area contributed by atoms with E-state index >= 15 is 0 Å². The Kier molecular flexibility index (Phi) is 11.4. The molecule has 0 saturated heterocycles. The number of fused-ring (bicyclic) bond motifs is 1. The lowest BCUT2D eigenvalue weighted by atomic mass is 10.1. The SMILES string of the molecule is CCN(CC)c1cc(C(=O)Nc2ccc(Cl)c(-c3cc4cnc(NCCN(C)C)nc4[nH]c3=O)c2)cc(Cl)n1.CO. The average molecular weight is 602 g/mol. The largest absolute Gasteiger partial charge is 0.400 e. The molecule has 13 heteroatoms. The van der Waals surface area contributed by atoms with E-state index < -0.39 is 0 Å². The summed E-state index contributed by atoms with van der Waals surface area (Å²) in [6.45, 7) is 6.94. The Morgan fingerprint density at radius 2 is 1.76 bits per heavy atom. The molecular formula is C28H34Cl2N8O3. The number of rotatable bonds is 10. The molecule has 0 fully saturated rings. The summed E-state index contributed by atoms with van der Waals surface area (Å²) in [5, 5.41) is 14.2. The predicted molar refractivity (Wildman–Crippen MR) is 167 cm³/mol. The monoisotopic (exact) mass is 600 g/mol. The lowest BCUT2D eigenvalue weighted by Crippen LogP contribution is -2.24. The van der Waals surface area contributed by atoms with E-state index in [-0.39, 0.29) is 16.6 Å². The Balaban J connectivity index is 0.00000226. The minimum atomic E-state index is -0.365. The molecule has 0 aliphatic heterocycles. The standard InChI is InChI=1S/C27H30Cl2N8O2.CH4O/c1-5-37(6-2)23-13-16(12-22(29)33-23)25(38)32-18-7-8-21(28)19(14-18)20-11-17-15-31-27(30-9-10-36(3)4)35-24(17)34-26(20)39;1-2/h7-8,11-15H,5-6,9-10H2,1-4H3,(H,32,38)(H2,30,31,34,35,39);2H,1H3. The van der Waals surface area contributed by atoms with Gasteiger partial charge in [0.15, 0.2) is 0 Å². The zero-order valence-electron chi connectivity index (χ0n) is 23.6. The van der Waals surface area contributed by atoms with Crippen molar-refractivity contribution in [2.24, 2.45) is 0 Å². The maximum absolute atomic E-state index is 13.1. The van der Waals surface area contributed by atoms with Crippen LogP contribution >= 0.6 is 23.2 Å². The van der Waals surface area contributed by atoms with E-state index in [0.717, 1.165) is 26.7 Å². The van der Waals surface area contributed by atoms with Crippen LogP contribution in [-0.2, 0) is 0 Å². The fraction of sp³-hybridized carbons (Fsp3) is 0.321. The van der Waals surface area contributed by atoms with Crippen LogP contribution in [0.15, 0.2) is 47.4 Å². The first-order valence-corrected chi connectivity index (χ1v) is 13.7. The summed E-state index contributed by atoms with van der Waals surface area (Å²) in [7, 11) is 4.96. The van der Waals surface area contributed by atoms with Crippen LogP contribution in [0.4, 0.5) is 17.5 Å². The molecule has 4 N–H and O–H groups in total. The summed E-state index contributed by atoms with van der Waals surface area (Å²) < 4.78 is 0. The van der Waals surface area contributed by atoms with Gasteiger partial charge in [-0.3, -0.25) is 9.59 Å². The van der Waals surface area contributed by atoms with Gasteiger partial charge in [0.05, 0.1) is 0 Å². The smallest absolute Gasteiger partial charge is 0.257 e. The summed E-state index contributed by atoms with van der Waals surface area (Å²) >= 11 is 12.7. The highest BCUT2D eigenvalue weighted by Crippen LogP contribution is 2.30. The van der Waals surface area contributed by atoms with Crippen molar-refractivity contribution in [1.82, 2.24) is 24.8 Å². The first-order valence-electron chi connectivity index (χ1n) is 13.0. The summed E-state index contributed by atoms with van der Waals surface area (Å²) in [6, 6.07) is 9.85. The van der Waals surface area contributed by atoms with Crippen molar-refractivity contribution in [3.8, 4) is 11.1 Å². The Morgan fingerprint density at radius 3 is 2.44 bits per heavy atom. The number of aliphatic hydroxyl groups is 1. The number of H-pyrrole nitrogens is 1. The van der Waals surface area contributed by atoms with Gasteiger partial charge in [-0.05, 0) is 64.3 Å². The van der Waals surface area contributed by atoms with Gasteiger partial charge in [0, 0.05) is 72.3 Å². The van der Waals surface area contributed by atoms with E-state index in [1.54, 1.807) is 36.5 Å². The molecule has 1 amide bonds. The molecule has 41 heavy (non-hydrogen) atoms. The lowest BCUT2D eigenvalue weighted by molar-refractivity contribution is 0.102. The minimum absolute atomic E-state index is 0.224. The van der Waals surface area contributed by atoms with Crippen LogP contribution in [0.5, 0.6) is 0 Å². The normalized spacial score (nSPS) is 10.8. The van der Waals surface area contributed by atoms with Gasteiger partial charge in [0.2, 0.25) is 5.95 Å².